The van der Waals surface area contributed by atoms with Gasteiger partial charge in [-0.3, -0.25) is 4.79 Å². The molecule has 0 aromatic heterocycles. The Morgan fingerprint density at radius 2 is 1.76 bits per heavy atom. The van der Waals surface area contributed by atoms with E-state index in [4.69, 9.17) is 0 Å². The maximum Gasteiger partial charge on any atom is 0.330 e. The van der Waals surface area contributed by atoms with Crippen LogP contribution < -0.4 is 5.32 Å². The molecule has 0 saturated carbocycles. The fraction of sp³-hybridized carbons (Fsp3) is 0.125. The van der Waals surface area contributed by atoms with Gasteiger partial charge in [0.1, 0.15) is 5.75 Å². The van der Waals surface area contributed by atoms with E-state index in [2.05, 4.69) is 5.32 Å². The molecule has 1 atom stereocenters. The minimum Gasteiger partial charge on any atom is -0.507 e. The number of carbonyl (C=O) groups excluding carboxylic acids is 1. The Kier molecular flexibility index (Phi) is 4.23. The molecular formula is C16H15NO4. The summed E-state index contributed by atoms with van der Waals surface area (Å²) in [5.41, 5.74) is 1.31. The summed E-state index contributed by atoms with van der Waals surface area (Å²) in [5.74, 6) is -1.98. The van der Waals surface area contributed by atoms with Crippen LogP contribution in [-0.4, -0.2) is 22.1 Å². The number of carboxylic acids is 1. The monoisotopic (exact) mass is 285 g/mol. The Balaban J connectivity index is 2.27. The van der Waals surface area contributed by atoms with Crippen molar-refractivity contribution in [3.63, 3.8) is 0 Å². The molecule has 0 fully saturated rings. The summed E-state index contributed by atoms with van der Waals surface area (Å²) >= 11 is 0. The second kappa shape index (κ2) is 6.09. The maximum atomic E-state index is 12.2. The number of rotatable bonds is 4. The third-order valence-electron chi connectivity index (χ3n) is 3.05. The van der Waals surface area contributed by atoms with E-state index in [9.17, 15) is 19.8 Å². The molecule has 1 unspecified atom stereocenters. The average molecular weight is 285 g/mol. The lowest BCUT2D eigenvalue weighted by molar-refractivity contribution is -0.139. The van der Waals surface area contributed by atoms with E-state index in [1.807, 2.05) is 0 Å². The molecule has 0 radical (unpaired) electrons. The highest BCUT2D eigenvalue weighted by Gasteiger charge is 2.23. The highest BCUT2D eigenvalue weighted by molar-refractivity contribution is 5.99. The Hall–Kier alpha value is -2.82. The molecular weight excluding hydrogens is 270 g/mol. The van der Waals surface area contributed by atoms with Crippen LogP contribution in [0.5, 0.6) is 5.75 Å². The number of carbonyl (C=O) groups is 2. The van der Waals surface area contributed by atoms with Crippen molar-refractivity contribution in [2.75, 3.05) is 0 Å². The van der Waals surface area contributed by atoms with Crippen LogP contribution in [-0.2, 0) is 4.79 Å². The Bertz CT molecular complexity index is 667. The maximum absolute atomic E-state index is 12.2. The van der Waals surface area contributed by atoms with Gasteiger partial charge in [0, 0.05) is 0 Å². The number of aliphatic carboxylic acids is 1. The molecule has 0 saturated heterocycles. The molecule has 0 aliphatic rings. The van der Waals surface area contributed by atoms with E-state index >= 15 is 0 Å². The minimum absolute atomic E-state index is 0.0529. The molecule has 108 valence electrons. The van der Waals surface area contributed by atoms with Gasteiger partial charge in [-0.05, 0) is 24.6 Å². The molecule has 0 spiro atoms. The van der Waals surface area contributed by atoms with Gasteiger partial charge in [0.25, 0.3) is 5.91 Å². The number of nitrogens with one attached hydrogen (secondary N) is 1. The van der Waals surface area contributed by atoms with Crippen molar-refractivity contribution in [1.29, 1.82) is 0 Å². The van der Waals surface area contributed by atoms with Gasteiger partial charge >= 0.3 is 5.97 Å². The number of carboxylic acid groups (broad SMARTS) is 1. The molecule has 5 heteroatoms. The summed E-state index contributed by atoms with van der Waals surface area (Å²) < 4.78 is 0. The lowest BCUT2D eigenvalue weighted by Crippen LogP contribution is -2.33. The Morgan fingerprint density at radius 1 is 1.10 bits per heavy atom. The van der Waals surface area contributed by atoms with E-state index in [1.54, 1.807) is 43.3 Å². The van der Waals surface area contributed by atoms with Gasteiger partial charge in [-0.2, -0.15) is 0 Å². The topological polar surface area (TPSA) is 86.6 Å². The summed E-state index contributed by atoms with van der Waals surface area (Å²) in [4.78, 5) is 23.5. The molecule has 2 aromatic carbocycles. The minimum atomic E-state index is -1.17. The Labute approximate surface area is 121 Å². The largest absolute Gasteiger partial charge is 0.507 e. The number of hydrogen-bond acceptors (Lipinski definition) is 3. The number of benzene rings is 2. The van der Waals surface area contributed by atoms with Crippen LogP contribution in [0.4, 0.5) is 0 Å². The average Bonchev–Trinajstić information content (AvgIpc) is 2.47. The second-order valence-electron chi connectivity index (χ2n) is 4.68. The highest BCUT2D eigenvalue weighted by atomic mass is 16.4. The summed E-state index contributed by atoms with van der Waals surface area (Å²) in [6.07, 6.45) is 0. The van der Waals surface area contributed by atoms with Gasteiger partial charge in [-0.1, -0.05) is 42.0 Å². The number of aryl methyl sites for hydroxylation is 1. The molecule has 5 nitrogen and oxygen atoms in total. The lowest BCUT2D eigenvalue weighted by atomic mass is 10.1. The predicted molar refractivity (Wildman–Crippen MR) is 77.1 cm³/mol. The zero-order valence-electron chi connectivity index (χ0n) is 11.4. The van der Waals surface area contributed by atoms with Crippen LogP contribution in [0.3, 0.4) is 0 Å². The molecule has 1 amide bonds. The van der Waals surface area contributed by atoms with Crippen LogP contribution in [0.1, 0.15) is 27.5 Å². The fourth-order valence-corrected chi connectivity index (χ4v) is 1.97. The van der Waals surface area contributed by atoms with Gasteiger partial charge < -0.3 is 15.5 Å². The zero-order valence-corrected chi connectivity index (χ0v) is 11.4. The smallest absolute Gasteiger partial charge is 0.330 e. The summed E-state index contributed by atoms with van der Waals surface area (Å²) in [5, 5.41) is 21.4. The third-order valence-corrected chi connectivity index (χ3v) is 3.05. The van der Waals surface area contributed by atoms with E-state index < -0.39 is 17.9 Å². The molecule has 0 heterocycles. The van der Waals surface area contributed by atoms with Crippen molar-refractivity contribution in [2.24, 2.45) is 0 Å². The first-order chi connectivity index (χ1) is 9.99. The standard InChI is InChI=1S/C16H15NO4/c1-10-7-8-13(18)12(9-10)15(19)17-14(16(20)21)11-5-3-2-4-6-11/h2-9,14,18H,1H3,(H,17,19)(H,20,21). The molecule has 3 N–H and O–H groups in total. The predicted octanol–water partition coefficient (Wildman–Crippen LogP) is 2.26. The molecule has 2 rings (SSSR count). The Morgan fingerprint density at radius 3 is 2.38 bits per heavy atom. The number of aromatic hydroxyl groups is 1. The van der Waals surface area contributed by atoms with Crippen LogP contribution in [0, 0.1) is 6.92 Å². The number of hydrogen-bond donors (Lipinski definition) is 3. The first-order valence-corrected chi connectivity index (χ1v) is 6.37. The lowest BCUT2D eigenvalue weighted by Gasteiger charge is -2.15. The van der Waals surface area contributed by atoms with Crippen molar-refractivity contribution in [1.82, 2.24) is 5.32 Å². The van der Waals surface area contributed by atoms with Crippen LogP contribution in [0.15, 0.2) is 48.5 Å². The number of phenolic OH excluding ortho intramolecular Hbond substituents is 1. The SMILES string of the molecule is Cc1ccc(O)c(C(=O)NC(C(=O)O)c2ccccc2)c1. The highest BCUT2D eigenvalue weighted by Crippen LogP contribution is 2.20. The van der Waals surface area contributed by atoms with Gasteiger partial charge in [0.2, 0.25) is 0 Å². The van der Waals surface area contributed by atoms with Crippen molar-refractivity contribution < 1.29 is 19.8 Å². The van der Waals surface area contributed by atoms with Crippen LogP contribution in [0.25, 0.3) is 0 Å². The zero-order chi connectivity index (χ0) is 15.4. The molecule has 21 heavy (non-hydrogen) atoms. The fourth-order valence-electron chi connectivity index (χ4n) is 1.97. The first kappa shape index (κ1) is 14.6. The second-order valence-corrected chi connectivity index (χ2v) is 4.68. The van der Waals surface area contributed by atoms with Gasteiger partial charge in [-0.15, -0.1) is 0 Å². The first-order valence-electron chi connectivity index (χ1n) is 6.37. The van der Waals surface area contributed by atoms with E-state index in [0.717, 1.165) is 5.56 Å². The number of phenols is 1. The van der Waals surface area contributed by atoms with E-state index in [1.165, 1.54) is 12.1 Å². The molecule has 0 aliphatic carbocycles. The number of amides is 1. The van der Waals surface area contributed by atoms with Crippen molar-refractivity contribution in [2.45, 2.75) is 13.0 Å². The molecule has 2 aromatic rings. The van der Waals surface area contributed by atoms with Crippen molar-refractivity contribution in [3.8, 4) is 5.75 Å². The molecule has 0 aliphatic heterocycles. The third kappa shape index (κ3) is 3.39. The van der Waals surface area contributed by atoms with Gasteiger partial charge in [0.05, 0.1) is 5.56 Å². The van der Waals surface area contributed by atoms with Crippen LogP contribution in [0.2, 0.25) is 0 Å². The van der Waals surface area contributed by atoms with Gasteiger partial charge in [0.15, 0.2) is 6.04 Å². The van der Waals surface area contributed by atoms with Crippen LogP contribution >= 0.6 is 0 Å². The van der Waals surface area contributed by atoms with Crippen molar-refractivity contribution >= 4 is 11.9 Å². The summed E-state index contributed by atoms with van der Waals surface area (Å²) in [6, 6.07) is 11.8. The quantitative estimate of drug-likeness (QED) is 0.804. The van der Waals surface area contributed by atoms with Crippen molar-refractivity contribution in [3.05, 3.63) is 65.2 Å². The van der Waals surface area contributed by atoms with E-state index in [0.29, 0.717) is 5.56 Å². The normalized spacial score (nSPS) is 11.7. The summed E-state index contributed by atoms with van der Waals surface area (Å²) in [7, 11) is 0. The van der Waals surface area contributed by atoms with Gasteiger partial charge in [-0.25, -0.2) is 4.79 Å². The molecule has 0 bridgehead atoms. The van der Waals surface area contributed by atoms with E-state index in [-0.39, 0.29) is 11.3 Å². The summed E-state index contributed by atoms with van der Waals surface area (Å²) in [6.45, 7) is 1.78.